The van der Waals surface area contributed by atoms with Crippen LogP contribution in [0.1, 0.15) is 70.8 Å². The van der Waals surface area contributed by atoms with Gasteiger partial charge in [0.2, 0.25) is 0 Å². The van der Waals surface area contributed by atoms with Crippen molar-refractivity contribution >= 4 is 11.8 Å². The Kier molecular flexibility index (Phi) is 5.93. The van der Waals surface area contributed by atoms with Crippen LogP contribution in [0.15, 0.2) is 47.1 Å². The molecule has 0 amide bonds. The Morgan fingerprint density at radius 2 is 1.85 bits per heavy atom. The highest BCUT2D eigenvalue weighted by Gasteiger charge is 2.59. The number of hydrogen-bond donors (Lipinski definition) is 2. The van der Waals surface area contributed by atoms with Crippen molar-refractivity contribution in [1.82, 2.24) is 0 Å². The molecule has 4 heteroatoms. The standard InChI is InChI=1S/C29H39NO3/c1-28-16-14-21(31)18-20(28)7-10-23-24-11-12-26(29(24,2)17-15-25(23)28)27(30-32)13-6-19-4-8-22(33-3)9-5-19/h4-9,13,21,23-26,31-32H,10-12,14-18H2,1-3H3/b13-6+,30-27+/t21-,23-,24-,25-,26+,28-,29-/m0/s1. The lowest BCUT2D eigenvalue weighted by molar-refractivity contribution is -0.0424. The van der Waals surface area contributed by atoms with Crippen molar-refractivity contribution in [2.24, 2.45) is 39.7 Å². The van der Waals surface area contributed by atoms with E-state index in [4.69, 9.17) is 4.74 Å². The summed E-state index contributed by atoms with van der Waals surface area (Å²) in [5, 5.41) is 24.0. The molecule has 2 N–H and O–H groups in total. The molecule has 33 heavy (non-hydrogen) atoms. The van der Waals surface area contributed by atoms with Crippen LogP contribution in [0.5, 0.6) is 5.75 Å². The Morgan fingerprint density at radius 3 is 2.58 bits per heavy atom. The van der Waals surface area contributed by atoms with Crippen LogP contribution in [0.25, 0.3) is 6.08 Å². The molecule has 4 nitrogen and oxygen atoms in total. The second kappa shape index (κ2) is 8.61. The first kappa shape index (κ1) is 22.7. The van der Waals surface area contributed by atoms with Crippen LogP contribution in [0, 0.1) is 34.5 Å². The first-order valence-corrected chi connectivity index (χ1v) is 12.8. The molecule has 0 bridgehead atoms. The normalized spacial score (nSPS) is 40.7. The minimum atomic E-state index is -0.147. The van der Waals surface area contributed by atoms with Gasteiger partial charge in [-0.3, -0.25) is 0 Å². The smallest absolute Gasteiger partial charge is 0.118 e. The van der Waals surface area contributed by atoms with Crippen LogP contribution in [0.2, 0.25) is 0 Å². The number of benzene rings is 1. The number of oxime groups is 1. The molecule has 1 aromatic rings. The van der Waals surface area contributed by atoms with Gasteiger partial charge in [0.1, 0.15) is 5.75 Å². The summed E-state index contributed by atoms with van der Waals surface area (Å²) in [6, 6.07) is 7.98. The number of fused-ring (bicyclic) bond motifs is 5. The SMILES string of the molecule is COc1ccc(/C=C/C(=N\O)[C@H]2CC[C@H]3[C@@H]4CC=C5C[C@@H](O)CC[C@]5(C)[C@H]4CC[C@]23C)cc1. The molecule has 0 aliphatic heterocycles. The van der Waals surface area contributed by atoms with Gasteiger partial charge in [-0.2, -0.15) is 0 Å². The highest BCUT2D eigenvalue weighted by Crippen LogP contribution is 2.66. The molecule has 3 fully saturated rings. The number of nitrogens with zero attached hydrogens (tertiary/aromatic N) is 1. The summed E-state index contributed by atoms with van der Waals surface area (Å²) in [4.78, 5) is 0. The summed E-state index contributed by atoms with van der Waals surface area (Å²) in [6.45, 7) is 4.94. The second-order valence-electron chi connectivity index (χ2n) is 11.5. The van der Waals surface area contributed by atoms with Crippen molar-refractivity contribution in [3.05, 3.63) is 47.6 Å². The molecule has 178 valence electrons. The number of methoxy groups -OCH3 is 1. The molecule has 0 spiro atoms. The van der Waals surface area contributed by atoms with Crippen LogP contribution in [0.3, 0.4) is 0 Å². The number of aliphatic hydroxyl groups excluding tert-OH is 1. The Hall–Kier alpha value is -2.07. The molecule has 0 saturated heterocycles. The predicted molar refractivity (Wildman–Crippen MR) is 132 cm³/mol. The number of ether oxygens (including phenoxy) is 1. The van der Waals surface area contributed by atoms with Gasteiger partial charge in [-0.1, -0.05) is 48.9 Å². The third kappa shape index (κ3) is 3.75. The summed E-state index contributed by atoms with van der Waals surface area (Å²) in [7, 11) is 1.67. The van der Waals surface area contributed by atoms with E-state index in [-0.39, 0.29) is 16.9 Å². The average molecular weight is 450 g/mol. The minimum Gasteiger partial charge on any atom is -0.497 e. The van der Waals surface area contributed by atoms with E-state index in [1.807, 2.05) is 30.3 Å². The molecule has 0 aromatic heterocycles. The summed E-state index contributed by atoms with van der Waals surface area (Å²) in [5.41, 5.74) is 3.89. The largest absolute Gasteiger partial charge is 0.497 e. The van der Waals surface area contributed by atoms with Gasteiger partial charge in [-0.05, 0) is 104 Å². The average Bonchev–Trinajstić information content (AvgIpc) is 3.17. The molecule has 5 rings (SSSR count). The van der Waals surface area contributed by atoms with E-state index in [0.717, 1.165) is 55.0 Å². The van der Waals surface area contributed by atoms with Crippen LogP contribution in [-0.2, 0) is 0 Å². The van der Waals surface area contributed by atoms with Crippen molar-refractivity contribution in [3.63, 3.8) is 0 Å². The Bertz CT molecular complexity index is 964. The first-order chi connectivity index (χ1) is 15.9. The third-order valence-electron chi connectivity index (χ3n) is 10.1. The van der Waals surface area contributed by atoms with E-state index >= 15 is 0 Å². The zero-order chi connectivity index (χ0) is 23.2. The molecule has 0 radical (unpaired) electrons. The summed E-state index contributed by atoms with van der Waals surface area (Å²) < 4.78 is 5.25. The highest BCUT2D eigenvalue weighted by atomic mass is 16.5. The molecule has 3 saturated carbocycles. The lowest BCUT2D eigenvalue weighted by atomic mass is 9.47. The molecule has 1 aromatic carbocycles. The van der Waals surface area contributed by atoms with Crippen molar-refractivity contribution in [3.8, 4) is 5.75 Å². The van der Waals surface area contributed by atoms with E-state index in [0.29, 0.717) is 17.8 Å². The molecule has 4 aliphatic carbocycles. The van der Waals surface area contributed by atoms with Gasteiger partial charge >= 0.3 is 0 Å². The second-order valence-corrected chi connectivity index (χ2v) is 11.5. The Balaban J connectivity index is 1.36. The fourth-order valence-corrected chi connectivity index (χ4v) is 8.24. The number of hydrogen-bond acceptors (Lipinski definition) is 4. The molecular formula is C29H39NO3. The Labute approximate surface area is 198 Å². The van der Waals surface area contributed by atoms with Crippen LogP contribution in [0.4, 0.5) is 0 Å². The molecular weight excluding hydrogens is 410 g/mol. The number of aliphatic hydroxyl groups is 1. The topological polar surface area (TPSA) is 62.0 Å². The van der Waals surface area contributed by atoms with Crippen LogP contribution in [-0.4, -0.2) is 29.2 Å². The fourth-order valence-electron chi connectivity index (χ4n) is 8.24. The van der Waals surface area contributed by atoms with E-state index in [1.165, 1.54) is 24.8 Å². The van der Waals surface area contributed by atoms with Crippen LogP contribution < -0.4 is 4.74 Å². The van der Waals surface area contributed by atoms with E-state index in [1.54, 1.807) is 7.11 Å². The van der Waals surface area contributed by atoms with Crippen LogP contribution >= 0.6 is 0 Å². The summed E-state index contributed by atoms with van der Waals surface area (Å²) in [6.07, 6.45) is 15.3. The molecule has 4 aliphatic rings. The lowest BCUT2D eigenvalue weighted by Gasteiger charge is -2.58. The van der Waals surface area contributed by atoms with Crippen molar-refractivity contribution < 1.29 is 15.1 Å². The maximum absolute atomic E-state index is 10.2. The van der Waals surface area contributed by atoms with Crippen molar-refractivity contribution in [1.29, 1.82) is 0 Å². The van der Waals surface area contributed by atoms with Gasteiger partial charge in [-0.25, -0.2) is 0 Å². The van der Waals surface area contributed by atoms with E-state index in [9.17, 15) is 10.3 Å². The highest BCUT2D eigenvalue weighted by molar-refractivity contribution is 6.00. The summed E-state index contributed by atoms with van der Waals surface area (Å²) >= 11 is 0. The van der Waals surface area contributed by atoms with E-state index in [2.05, 4.69) is 31.2 Å². The van der Waals surface area contributed by atoms with Gasteiger partial charge < -0.3 is 15.1 Å². The quantitative estimate of drug-likeness (QED) is 0.239. The first-order valence-electron chi connectivity index (χ1n) is 12.8. The third-order valence-corrected chi connectivity index (χ3v) is 10.1. The zero-order valence-electron chi connectivity index (χ0n) is 20.3. The van der Waals surface area contributed by atoms with Gasteiger partial charge in [0.15, 0.2) is 0 Å². The number of rotatable bonds is 4. The zero-order valence-corrected chi connectivity index (χ0v) is 20.3. The Morgan fingerprint density at radius 1 is 1.06 bits per heavy atom. The fraction of sp³-hybridized carbons (Fsp3) is 0.621. The van der Waals surface area contributed by atoms with Gasteiger partial charge in [0, 0.05) is 5.92 Å². The van der Waals surface area contributed by atoms with Gasteiger partial charge in [-0.15, -0.1) is 0 Å². The predicted octanol–water partition coefficient (Wildman–Crippen LogP) is 6.48. The van der Waals surface area contributed by atoms with Crippen molar-refractivity contribution in [2.75, 3.05) is 7.11 Å². The molecule has 0 unspecified atom stereocenters. The monoisotopic (exact) mass is 449 g/mol. The maximum atomic E-state index is 10.2. The van der Waals surface area contributed by atoms with Gasteiger partial charge in [0.25, 0.3) is 0 Å². The minimum absolute atomic E-state index is 0.147. The van der Waals surface area contributed by atoms with Crippen molar-refractivity contribution in [2.45, 2.75) is 71.3 Å². The maximum Gasteiger partial charge on any atom is 0.118 e. The molecule has 0 heterocycles. The molecule has 7 atom stereocenters. The van der Waals surface area contributed by atoms with E-state index < -0.39 is 0 Å². The lowest BCUT2D eigenvalue weighted by Crippen LogP contribution is -2.51. The summed E-state index contributed by atoms with van der Waals surface area (Å²) in [5.74, 6) is 3.26. The van der Waals surface area contributed by atoms with Gasteiger partial charge in [0.05, 0.1) is 18.9 Å². The number of allylic oxidation sites excluding steroid dienone is 2.